The second-order valence-corrected chi connectivity index (χ2v) is 6.59. The molecule has 1 rings (SSSR count). The molecule has 1 saturated carbocycles. The minimum atomic E-state index is 0.0952. The van der Waals surface area contributed by atoms with Gasteiger partial charge in [0, 0.05) is 23.9 Å². The summed E-state index contributed by atoms with van der Waals surface area (Å²) in [6, 6.07) is 0.590. The maximum atomic E-state index is 12.3. The van der Waals surface area contributed by atoms with Gasteiger partial charge in [0.25, 0.3) is 0 Å². The minimum absolute atomic E-state index is 0.0952. The lowest BCUT2D eigenvalue weighted by Gasteiger charge is -2.29. The highest BCUT2D eigenvalue weighted by Gasteiger charge is 2.30. The van der Waals surface area contributed by atoms with Gasteiger partial charge in [-0.3, -0.25) is 9.59 Å². The van der Waals surface area contributed by atoms with Crippen LogP contribution in [0.15, 0.2) is 0 Å². The Morgan fingerprint density at radius 1 is 0.727 bits per heavy atom. The highest BCUT2D eigenvalue weighted by Crippen LogP contribution is 2.29. The van der Waals surface area contributed by atoms with Crippen molar-refractivity contribution in [3.8, 4) is 0 Å². The van der Waals surface area contributed by atoms with E-state index in [0.29, 0.717) is 12.1 Å². The van der Waals surface area contributed by atoms with Crippen LogP contribution in [0.2, 0.25) is 0 Å². The van der Waals surface area contributed by atoms with Crippen molar-refractivity contribution in [2.45, 2.75) is 91.1 Å². The molecule has 0 spiro atoms. The van der Waals surface area contributed by atoms with E-state index in [-0.39, 0.29) is 23.7 Å². The molecule has 128 valence electrons. The van der Waals surface area contributed by atoms with Crippen molar-refractivity contribution in [3.63, 3.8) is 0 Å². The number of nitrogens with one attached hydrogen (secondary N) is 2. The predicted molar refractivity (Wildman–Crippen MR) is 90.5 cm³/mol. The number of rotatable bonds is 8. The van der Waals surface area contributed by atoms with Crippen LogP contribution in [0, 0.1) is 11.8 Å². The van der Waals surface area contributed by atoms with Crippen LogP contribution in [0.1, 0.15) is 79.1 Å². The summed E-state index contributed by atoms with van der Waals surface area (Å²) < 4.78 is 0. The normalized spacial score (nSPS) is 21.9. The van der Waals surface area contributed by atoms with Crippen LogP contribution >= 0.6 is 0 Å². The molecule has 4 nitrogen and oxygen atoms in total. The third kappa shape index (κ3) is 5.62. The van der Waals surface area contributed by atoms with Gasteiger partial charge >= 0.3 is 0 Å². The fourth-order valence-corrected chi connectivity index (χ4v) is 3.24. The van der Waals surface area contributed by atoms with Crippen LogP contribution in [-0.2, 0) is 9.59 Å². The van der Waals surface area contributed by atoms with E-state index in [9.17, 15) is 9.59 Å². The molecule has 2 N–H and O–H groups in total. The first-order chi connectivity index (χ1) is 10.5. The minimum Gasteiger partial charge on any atom is -0.353 e. The molecular formula is C18H34N2O2. The number of hydrogen-bond acceptors (Lipinski definition) is 2. The predicted octanol–water partition coefficient (Wildman–Crippen LogP) is 3.40. The summed E-state index contributed by atoms with van der Waals surface area (Å²) >= 11 is 0. The van der Waals surface area contributed by atoms with E-state index in [1.807, 2.05) is 0 Å². The molecule has 0 aromatic heterocycles. The second-order valence-electron chi connectivity index (χ2n) is 6.59. The Morgan fingerprint density at radius 2 is 1.00 bits per heavy atom. The van der Waals surface area contributed by atoms with Gasteiger partial charge in [0.15, 0.2) is 0 Å². The number of amides is 2. The van der Waals surface area contributed by atoms with E-state index in [2.05, 4.69) is 38.3 Å². The maximum absolute atomic E-state index is 12.3. The molecule has 1 aliphatic rings. The molecule has 0 aromatic carbocycles. The molecule has 4 heteroatoms. The quantitative estimate of drug-likeness (QED) is 0.722. The molecular weight excluding hydrogens is 276 g/mol. The average molecular weight is 310 g/mol. The van der Waals surface area contributed by atoms with Crippen molar-refractivity contribution < 1.29 is 9.59 Å². The average Bonchev–Trinajstić information content (AvgIpc) is 2.57. The van der Waals surface area contributed by atoms with Gasteiger partial charge in [-0.15, -0.1) is 0 Å². The van der Waals surface area contributed by atoms with Gasteiger partial charge in [-0.25, -0.2) is 0 Å². The Kier molecular flexibility index (Phi) is 8.51. The highest BCUT2D eigenvalue weighted by molar-refractivity contribution is 5.81. The van der Waals surface area contributed by atoms with Crippen molar-refractivity contribution in [1.82, 2.24) is 10.6 Å². The van der Waals surface area contributed by atoms with Crippen LogP contribution in [0.3, 0.4) is 0 Å². The zero-order chi connectivity index (χ0) is 16.5. The van der Waals surface area contributed by atoms with Crippen molar-refractivity contribution in [1.29, 1.82) is 0 Å². The van der Waals surface area contributed by atoms with Crippen LogP contribution in [0.4, 0.5) is 0 Å². The molecule has 0 radical (unpaired) electrons. The molecule has 1 fully saturated rings. The summed E-state index contributed by atoms with van der Waals surface area (Å²) in [5, 5.41) is 6.28. The zero-order valence-electron chi connectivity index (χ0n) is 14.8. The molecule has 1 aliphatic carbocycles. The summed E-state index contributed by atoms with van der Waals surface area (Å²) in [5.41, 5.74) is 0. The lowest BCUT2D eigenvalue weighted by Crippen LogP contribution is -2.42. The summed E-state index contributed by atoms with van der Waals surface area (Å²) in [5.74, 6) is 0.565. The van der Waals surface area contributed by atoms with Crippen molar-refractivity contribution >= 4 is 11.8 Å². The Balaban J connectivity index is 2.39. The third-order valence-corrected chi connectivity index (χ3v) is 5.13. The lowest BCUT2D eigenvalue weighted by atomic mass is 9.81. The summed E-state index contributed by atoms with van der Waals surface area (Å²) in [7, 11) is 0. The van der Waals surface area contributed by atoms with Gasteiger partial charge in [-0.1, -0.05) is 27.7 Å². The van der Waals surface area contributed by atoms with Gasteiger partial charge in [-0.05, 0) is 51.4 Å². The lowest BCUT2D eigenvalue weighted by molar-refractivity contribution is -0.131. The summed E-state index contributed by atoms with van der Waals surface area (Å²) in [6.45, 7) is 8.42. The standard InChI is InChI=1S/C18H34N2O2/c1-5-15(6-2)19-17(21)13-9-11-14(12-10-13)18(22)20-16(7-3)8-4/h13-16H,5-12H2,1-4H3,(H,19,21)(H,20,22). The van der Waals surface area contributed by atoms with Crippen molar-refractivity contribution in [2.24, 2.45) is 11.8 Å². The fraction of sp³-hybridized carbons (Fsp3) is 0.889. The number of carbonyl (C=O) groups excluding carboxylic acids is 2. The maximum Gasteiger partial charge on any atom is 0.223 e. The first-order valence-corrected chi connectivity index (χ1v) is 9.16. The van der Waals surface area contributed by atoms with Crippen LogP contribution in [-0.4, -0.2) is 23.9 Å². The molecule has 0 unspecified atom stereocenters. The SMILES string of the molecule is CCC(CC)NC(=O)C1CCC(C(=O)NC(CC)CC)CC1. The van der Waals surface area contributed by atoms with Crippen LogP contribution in [0.5, 0.6) is 0 Å². The monoisotopic (exact) mass is 310 g/mol. The van der Waals surface area contributed by atoms with Gasteiger partial charge in [0.1, 0.15) is 0 Å². The molecule has 0 heterocycles. The van der Waals surface area contributed by atoms with Crippen LogP contribution in [0.25, 0.3) is 0 Å². The summed E-state index contributed by atoms with van der Waals surface area (Å²) in [6.07, 6.45) is 7.29. The smallest absolute Gasteiger partial charge is 0.223 e. The second kappa shape index (κ2) is 9.86. The number of carbonyl (C=O) groups is 2. The van der Waals surface area contributed by atoms with Gasteiger partial charge in [-0.2, -0.15) is 0 Å². The van der Waals surface area contributed by atoms with E-state index in [4.69, 9.17) is 0 Å². The zero-order valence-corrected chi connectivity index (χ0v) is 14.8. The van der Waals surface area contributed by atoms with E-state index >= 15 is 0 Å². The van der Waals surface area contributed by atoms with Crippen molar-refractivity contribution in [3.05, 3.63) is 0 Å². The molecule has 22 heavy (non-hydrogen) atoms. The van der Waals surface area contributed by atoms with E-state index < -0.39 is 0 Å². The van der Waals surface area contributed by atoms with E-state index in [1.165, 1.54) is 0 Å². The van der Waals surface area contributed by atoms with E-state index in [1.54, 1.807) is 0 Å². The molecule has 0 aliphatic heterocycles. The Hall–Kier alpha value is -1.06. The topological polar surface area (TPSA) is 58.2 Å². The van der Waals surface area contributed by atoms with Crippen LogP contribution < -0.4 is 10.6 Å². The largest absolute Gasteiger partial charge is 0.353 e. The van der Waals surface area contributed by atoms with Gasteiger partial charge < -0.3 is 10.6 Å². The number of hydrogen-bond donors (Lipinski definition) is 2. The first kappa shape index (κ1) is 19.0. The van der Waals surface area contributed by atoms with Gasteiger partial charge in [0.2, 0.25) is 11.8 Å². The summed E-state index contributed by atoms with van der Waals surface area (Å²) in [4.78, 5) is 24.5. The molecule has 0 bridgehead atoms. The molecule has 0 saturated heterocycles. The first-order valence-electron chi connectivity index (χ1n) is 9.16. The molecule has 2 amide bonds. The molecule has 0 aromatic rings. The van der Waals surface area contributed by atoms with Gasteiger partial charge in [0.05, 0.1) is 0 Å². The fourth-order valence-electron chi connectivity index (χ4n) is 3.24. The van der Waals surface area contributed by atoms with E-state index in [0.717, 1.165) is 51.4 Å². The highest BCUT2D eigenvalue weighted by atomic mass is 16.2. The Morgan fingerprint density at radius 3 is 1.23 bits per heavy atom. The molecule has 0 atom stereocenters. The Labute approximate surface area is 135 Å². The van der Waals surface area contributed by atoms with Crippen molar-refractivity contribution in [2.75, 3.05) is 0 Å². The third-order valence-electron chi connectivity index (χ3n) is 5.13. The Bertz CT molecular complexity index is 307.